The molecule has 5 aromatic rings. The smallest absolute Gasteiger partial charge is 0.186 e. The van der Waals surface area contributed by atoms with E-state index in [-0.39, 0.29) is 5.78 Å². The molecule has 0 atom stereocenters. The van der Waals surface area contributed by atoms with Crippen molar-refractivity contribution in [1.29, 1.82) is 0 Å². The molecule has 0 aliphatic heterocycles. The van der Waals surface area contributed by atoms with Gasteiger partial charge < -0.3 is 27.8 Å². The fourth-order valence-corrected chi connectivity index (χ4v) is 4.14. The second-order valence-electron chi connectivity index (χ2n) is 8.03. The summed E-state index contributed by atoms with van der Waals surface area (Å²) >= 11 is 0. The number of methoxy groups -OCH3 is 4. The number of hydrogen-bond acceptors (Lipinski definition) is 7. The maximum atomic E-state index is 13.0. The predicted octanol–water partition coefficient (Wildman–Crippen LogP) is 6.78. The van der Waals surface area contributed by atoms with Crippen LogP contribution in [-0.2, 0) is 0 Å². The van der Waals surface area contributed by atoms with E-state index in [2.05, 4.69) is 0 Å². The van der Waals surface area contributed by atoms with Crippen molar-refractivity contribution in [2.45, 2.75) is 0 Å². The SMILES string of the molecule is COc1cc(OC)c(-c2cc3cc(C(=O)/C=C/c4ccc5occc5c4)cc(OC)c3o2)c(OC)c1. The fraction of sp³-hybridized carbons (Fsp3) is 0.138. The zero-order valence-corrected chi connectivity index (χ0v) is 20.3. The van der Waals surface area contributed by atoms with Crippen LogP contribution in [0.2, 0.25) is 0 Å². The second kappa shape index (κ2) is 9.54. The number of carbonyl (C=O) groups is 1. The van der Waals surface area contributed by atoms with Crippen molar-refractivity contribution in [1.82, 2.24) is 0 Å². The molecule has 3 aromatic carbocycles. The molecule has 2 heterocycles. The van der Waals surface area contributed by atoms with Gasteiger partial charge in [0.05, 0.1) is 34.7 Å². The van der Waals surface area contributed by atoms with Gasteiger partial charge in [-0.3, -0.25) is 4.79 Å². The minimum Gasteiger partial charge on any atom is -0.496 e. The van der Waals surface area contributed by atoms with Crippen molar-refractivity contribution >= 4 is 33.8 Å². The zero-order valence-electron chi connectivity index (χ0n) is 20.3. The van der Waals surface area contributed by atoms with E-state index in [9.17, 15) is 4.79 Å². The summed E-state index contributed by atoms with van der Waals surface area (Å²) in [5.74, 6) is 2.43. The van der Waals surface area contributed by atoms with Gasteiger partial charge in [0.25, 0.3) is 0 Å². The highest BCUT2D eigenvalue weighted by atomic mass is 16.5. The van der Waals surface area contributed by atoms with Crippen LogP contribution >= 0.6 is 0 Å². The normalized spacial score (nSPS) is 11.3. The third kappa shape index (κ3) is 4.15. The lowest BCUT2D eigenvalue weighted by molar-refractivity contribution is 0.104. The molecule has 0 aliphatic carbocycles. The van der Waals surface area contributed by atoms with E-state index in [0.717, 1.165) is 16.5 Å². The number of carbonyl (C=O) groups excluding carboxylic acids is 1. The molecular weight excluding hydrogens is 460 g/mol. The average Bonchev–Trinajstić information content (AvgIpc) is 3.56. The molecule has 0 fully saturated rings. The predicted molar refractivity (Wildman–Crippen MR) is 137 cm³/mol. The highest BCUT2D eigenvalue weighted by molar-refractivity contribution is 6.09. The van der Waals surface area contributed by atoms with Crippen LogP contribution in [0.15, 0.2) is 75.8 Å². The van der Waals surface area contributed by atoms with Crippen LogP contribution in [-0.4, -0.2) is 34.2 Å². The van der Waals surface area contributed by atoms with Crippen molar-refractivity contribution in [3.8, 4) is 34.3 Å². The Hall–Kier alpha value is -4.65. The quantitative estimate of drug-likeness (QED) is 0.177. The van der Waals surface area contributed by atoms with E-state index in [0.29, 0.717) is 50.9 Å². The van der Waals surface area contributed by atoms with Gasteiger partial charge in [0.1, 0.15) is 34.2 Å². The second-order valence-corrected chi connectivity index (χ2v) is 8.03. The highest BCUT2D eigenvalue weighted by Gasteiger charge is 2.21. The molecule has 0 radical (unpaired) electrons. The lowest BCUT2D eigenvalue weighted by Crippen LogP contribution is -1.95. The lowest BCUT2D eigenvalue weighted by atomic mass is 10.0. The molecular formula is C29H24O7. The van der Waals surface area contributed by atoms with E-state index < -0.39 is 0 Å². The van der Waals surface area contributed by atoms with Crippen LogP contribution in [0.4, 0.5) is 0 Å². The molecule has 0 unspecified atom stereocenters. The zero-order chi connectivity index (χ0) is 25.2. The summed E-state index contributed by atoms with van der Waals surface area (Å²) in [6.45, 7) is 0. The van der Waals surface area contributed by atoms with Crippen LogP contribution in [0.25, 0.3) is 39.3 Å². The largest absolute Gasteiger partial charge is 0.496 e. The van der Waals surface area contributed by atoms with E-state index in [1.165, 1.54) is 7.11 Å². The van der Waals surface area contributed by atoms with Gasteiger partial charge in [-0.2, -0.15) is 0 Å². The van der Waals surface area contributed by atoms with Gasteiger partial charge in [0.2, 0.25) is 0 Å². The van der Waals surface area contributed by atoms with Crippen LogP contribution in [0.3, 0.4) is 0 Å². The molecule has 0 spiro atoms. The van der Waals surface area contributed by atoms with Gasteiger partial charge in [0.15, 0.2) is 17.1 Å². The van der Waals surface area contributed by atoms with Gasteiger partial charge >= 0.3 is 0 Å². The molecule has 0 amide bonds. The molecule has 36 heavy (non-hydrogen) atoms. The lowest BCUT2D eigenvalue weighted by Gasteiger charge is -2.13. The van der Waals surface area contributed by atoms with E-state index >= 15 is 0 Å². The first-order valence-corrected chi connectivity index (χ1v) is 11.2. The molecule has 182 valence electrons. The molecule has 0 aliphatic rings. The van der Waals surface area contributed by atoms with E-state index in [4.69, 9.17) is 27.8 Å². The summed E-state index contributed by atoms with van der Waals surface area (Å²) < 4.78 is 33.6. The Kier molecular flexibility index (Phi) is 6.12. The Morgan fingerprint density at radius 2 is 1.53 bits per heavy atom. The van der Waals surface area contributed by atoms with Crippen LogP contribution in [0, 0.1) is 0 Å². The maximum Gasteiger partial charge on any atom is 0.186 e. The van der Waals surface area contributed by atoms with Crippen LogP contribution in [0.1, 0.15) is 15.9 Å². The van der Waals surface area contributed by atoms with Crippen LogP contribution < -0.4 is 18.9 Å². The Bertz CT molecular complexity index is 1580. The first-order valence-electron chi connectivity index (χ1n) is 11.2. The summed E-state index contributed by atoms with van der Waals surface area (Å²) in [7, 11) is 6.24. The number of ether oxygens (including phenoxy) is 4. The third-order valence-corrected chi connectivity index (χ3v) is 5.95. The maximum absolute atomic E-state index is 13.0. The Balaban J connectivity index is 1.53. The van der Waals surface area contributed by atoms with Gasteiger partial charge in [-0.25, -0.2) is 0 Å². The number of furan rings is 2. The number of ketones is 1. The Labute approximate surface area is 207 Å². The first kappa shape index (κ1) is 23.1. The van der Waals surface area contributed by atoms with Crippen molar-refractivity contribution in [2.24, 2.45) is 0 Å². The van der Waals surface area contributed by atoms with E-state index in [1.54, 1.807) is 64.0 Å². The monoisotopic (exact) mass is 484 g/mol. The molecule has 7 heteroatoms. The van der Waals surface area contributed by atoms with Crippen molar-refractivity contribution < 1.29 is 32.6 Å². The molecule has 2 aromatic heterocycles. The van der Waals surface area contributed by atoms with Crippen molar-refractivity contribution in [3.63, 3.8) is 0 Å². The topological polar surface area (TPSA) is 80.3 Å². The fourth-order valence-electron chi connectivity index (χ4n) is 4.14. The standard InChI is InChI=1S/C29H24O7/c1-31-21-15-24(32-2)28(25(16-21)33-3)26-14-20-12-19(13-27(34-4)29(20)36-26)22(30)7-5-17-6-8-23-18(11-17)9-10-35-23/h5-16H,1-4H3/b7-5+. The minimum absolute atomic E-state index is 0.162. The summed E-state index contributed by atoms with van der Waals surface area (Å²) in [4.78, 5) is 13.0. The molecule has 0 N–H and O–H groups in total. The number of fused-ring (bicyclic) bond motifs is 2. The van der Waals surface area contributed by atoms with Crippen LogP contribution in [0.5, 0.6) is 23.0 Å². The Morgan fingerprint density at radius 3 is 2.22 bits per heavy atom. The molecule has 0 saturated heterocycles. The molecule has 0 bridgehead atoms. The van der Waals surface area contributed by atoms with Gasteiger partial charge in [-0.05, 0) is 48.0 Å². The number of rotatable bonds is 8. The third-order valence-electron chi connectivity index (χ3n) is 5.95. The van der Waals surface area contributed by atoms with Gasteiger partial charge in [-0.15, -0.1) is 0 Å². The summed E-state index contributed by atoms with van der Waals surface area (Å²) in [6.07, 6.45) is 4.96. The molecule has 0 saturated carbocycles. The van der Waals surface area contributed by atoms with Gasteiger partial charge in [-0.1, -0.05) is 12.1 Å². The highest BCUT2D eigenvalue weighted by Crippen LogP contribution is 2.45. The minimum atomic E-state index is -0.162. The first-order chi connectivity index (χ1) is 17.5. The molecule has 5 rings (SSSR count). The Morgan fingerprint density at radius 1 is 0.778 bits per heavy atom. The average molecular weight is 485 g/mol. The summed E-state index contributed by atoms with van der Waals surface area (Å²) in [5, 5.41) is 1.68. The number of benzene rings is 3. The summed E-state index contributed by atoms with van der Waals surface area (Å²) in [6, 6.07) is 16.4. The van der Waals surface area contributed by atoms with Crippen molar-refractivity contribution in [2.75, 3.05) is 28.4 Å². The van der Waals surface area contributed by atoms with Gasteiger partial charge in [0, 0.05) is 28.5 Å². The van der Waals surface area contributed by atoms with Crippen molar-refractivity contribution in [3.05, 3.63) is 78.1 Å². The summed E-state index contributed by atoms with van der Waals surface area (Å²) in [5.41, 5.74) is 3.31. The molecule has 7 nitrogen and oxygen atoms in total. The number of hydrogen-bond donors (Lipinski definition) is 0. The van der Waals surface area contributed by atoms with E-state index in [1.807, 2.05) is 30.3 Å². The number of allylic oxidation sites excluding steroid dienone is 1.